The molecule has 0 aliphatic carbocycles. The Labute approximate surface area is 188 Å². The molecule has 3 aromatic rings. The van der Waals surface area contributed by atoms with Gasteiger partial charge in [-0.2, -0.15) is 4.98 Å². The summed E-state index contributed by atoms with van der Waals surface area (Å²) >= 11 is 0. The molecule has 8 heteroatoms. The molecule has 1 amide bonds. The quantitative estimate of drug-likeness (QED) is 0.587. The van der Waals surface area contributed by atoms with E-state index >= 15 is 0 Å². The SMILES string of the molecule is COc1ccccc1[C@@H](NC(=O)OC(C)(C)C)c1noc([C@@H](c2ccccc2)N(C)C)n1. The van der Waals surface area contributed by atoms with E-state index in [1.165, 1.54) is 0 Å². The minimum absolute atomic E-state index is 0.239. The van der Waals surface area contributed by atoms with E-state index in [1.54, 1.807) is 27.9 Å². The van der Waals surface area contributed by atoms with Crippen molar-refractivity contribution in [3.05, 3.63) is 77.4 Å². The Morgan fingerprint density at radius 3 is 2.34 bits per heavy atom. The van der Waals surface area contributed by atoms with Gasteiger partial charge in [0.2, 0.25) is 5.89 Å². The predicted octanol–water partition coefficient (Wildman–Crippen LogP) is 4.34. The molecular weight excluding hydrogens is 408 g/mol. The number of benzene rings is 2. The van der Waals surface area contributed by atoms with Gasteiger partial charge < -0.3 is 19.3 Å². The first kappa shape index (κ1) is 23.3. The molecule has 0 aliphatic rings. The number of nitrogens with zero attached hydrogens (tertiary/aromatic N) is 3. The van der Waals surface area contributed by atoms with Crippen molar-refractivity contribution < 1.29 is 18.8 Å². The van der Waals surface area contributed by atoms with Gasteiger partial charge in [0.1, 0.15) is 23.4 Å². The number of hydrogen-bond acceptors (Lipinski definition) is 7. The number of alkyl carbamates (subject to hydrolysis) is 1. The molecular formula is C24H30N4O4. The highest BCUT2D eigenvalue weighted by atomic mass is 16.6. The van der Waals surface area contributed by atoms with Gasteiger partial charge in [-0.05, 0) is 46.5 Å². The number of rotatable bonds is 7. The Morgan fingerprint density at radius 2 is 1.72 bits per heavy atom. The number of nitrogens with one attached hydrogen (secondary N) is 1. The monoisotopic (exact) mass is 438 g/mol. The standard InChI is InChI=1S/C24H30N4O4/c1-24(2,3)31-23(29)25-19(17-14-10-11-15-18(17)30-6)21-26-22(32-27-21)20(28(4)5)16-12-8-7-9-13-16/h7-15,19-20H,1-6H3,(H,25,29)/t19-,20-/m1/s1. The van der Waals surface area contributed by atoms with Crippen molar-refractivity contribution in [2.45, 2.75) is 38.5 Å². The average molecular weight is 439 g/mol. The molecule has 2 aromatic carbocycles. The fraction of sp³-hybridized carbons (Fsp3) is 0.375. The van der Waals surface area contributed by atoms with Crippen LogP contribution in [0, 0.1) is 0 Å². The maximum Gasteiger partial charge on any atom is 0.408 e. The van der Waals surface area contributed by atoms with Crippen LogP contribution >= 0.6 is 0 Å². The maximum absolute atomic E-state index is 12.6. The highest BCUT2D eigenvalue weighted by molar-refractivity contribution is 5.69. The molecule has 0 spiro atoms. The van der Waals surface area contributed by atoms with E-state index in [1.807, 2.05) is 73.6 Å². The number of carbonyl (C=O) groups is 1. The summed E-state index contributed by atoms with van der Waals surface area (Å²) in [5.41, 5.74) is 1.05. The molecule has 0 aliphatic heterocycles. The van der Waals surface area contributed by atoms with Crippen LogP contribution in [-0.2, 0) is 4.74 Å². The smallest absolute Gasteiger partial charge is 0.408 e. The molecule has 0 radical (unpaired) electrons. The second-order valence-corrected chi connectivity index (χ2v) is 8.59. The van der Waals surface area contributed by atoms with E-state index in [9.17, 15) is 4.79 Å². The van der Waals surface area contributed by atoms with Crippen molar-refractivity contribution in [1.29, 1.82) is 0 Å². The van der Waals surface area contributed by atoms with E-state index in [-0.39, 0.29) is 6.04 Å². The Morgan fingerprint density at radius 1 is 1.06 bits per heavy atom. The zero-order valence-electron chi connectivity index (χ0n) is 19.3. The van der Waals surface area contributed by atoms with Crippen molar-refractivity contribution in [3.63, 3.8) is 0 Å². The van der Waals surface area contributed by atoms with E-state index < -0.39 is 17.7 Å². The Bertz CT molecular complexity index is 1030. The summed E-state index contributed by atoms with van der Waals surface area (Å²) < 4.78 is 16.6. The van der Waals surface area contributed by atoms with Crippen molar-refractivity contribution in [3.8, 4) is 5.75 Å². The van der Waals surface area contributed by atoms with E-state index in [4.69, 9.17) is 14.0 Å². The van der Waals surface area contributed by atoms with Gasteiger partial charge in [-0.1, -0.05) is 53.7 Å². The van der Waals surface area contributed by atoms with E-state index in [2.05, 4.69) is 15.5 Å². The minimum atomic E-state index is -0.725. The van der Waals surface area contributed by atoms with Crippen LogP contribution in [0.25, 0.3) is 0 Å². The third-order valence-corrected chi connectivity index (χ3v) is 4.69. The van der Waals surface area contributed by atoms with Crippen molar-refractivity contribution in [2.75, 3.05) is 21.2 Å². The average Bonchev–Trinajstić information content (AvgIpc) is 3.20. The van der Waals surface area contributed by atoms with Crippen LogP contribution in [0.4, 0.5) is 4.79 Å². The van der Waals surface area contributed by atoms with Gasteiger partial charge in [0.15, 0.2) is 5.82 Å². The third-order valence-electron chi connectivity index (χ3n) is 4.69. The normalized spacial score (nSPS) is 13.5. The number of ether oxygens (including phenoxy) is 2. The van der Waals surface area contributed by atoms with Gasteiger partial charge in [-0.15, -0.1) is 0 Å². The maximum atomic E-state index is 12.6. The minimum Gasteiger partial charge on any atom is -0.496 e. The zero-order chi connectivity index (χ0) is 23.3. The van der Waals surface area contributed by atoms with Gasteiger partial charge in [0, 0.05) is 5.56 Å². The number of amides is 1. The lowest BCUT2D eigenvalue weighted by Crippen LogP contribution is -2.36. The summed E-state index contributed by atoms with van der Waals surface area (Å²) in [4.78, 5) is 19.3. The highest BCUT2D eigenvalue weighted by Gasteiger charge is 2.30. The lowest BCUT2D eigenvalue weighted by Gasteiger charge is -2.23. The molecule has 0 saturated heterocycles. The summed E-state index contributed by atoms with van der Waals surface area (Å²) in [5, 5.41) is 7.07. The van der Waals surface area contributed by atoms with Crippen LogP contribution in [-0.4, -0.2) is 47.9 Å². The third kappa shape index (κ3) is 5.64. The summed E-state index contributed by atoms with van der Waals surface area (Å²) in [7, 11) is 5.46. The van der Waals surface area contributed by atoms with Gasteiger partial charge >= 0.3 is 6.09 Å². The zero-order valence-corrected chi connectivity index (χ0v) is 19.3. The Balaban J connectivity index is 2.00. The summed E-state index contributed by atoms with van der Waals surface area (Å²) in [5.74, 6) is 1.31. The van der Waals surface area contributed by atoms with Crippen LogP contribution < -0.4 is 10.1 Å². The lowest BCUT2D eigenvalue weighted by atomic mass is 10.0. The molecule has 0 unspecified atom stereocenters. The summed E-state index contributed by atoms with van der Waals surface area (Å²) in [6.07, 6.45) is -0.591. The van der Waals surface area contributed by atoms with Crippen LogP contribution in [0.5, 0.6) is 5.75 Å². The number of para-hydroxylation sites is 1. The number of hydrogen-bond donors (Lipinski definition) is 1. The highest BCUT2D eigenvalue weighted by Crippen LogP contribution is 2.31. The molecule has 32 heavy (non-hydrogen) atoms. The van der Waals surface area contributed by atoms with Crippen molar-refractivity contribution >= 4 is 6.09 Å². The van der Waals surface area contributed by atoms with Gasteiger partial charge in [0.05, 0.1) is 7.11 Å². The molecule has 1 N–H and O–H groups in total. The summed E-state index contributed by atoms with van der Waals surface area (Å²) in [6.45, 7) is 5.41. The predicted molar refractivity (Wildman–Crippen MR) is 120 cm³/mol. The van der Waals surface area contributed by atoms with E-state index in [0.29, 0.717) is 23.0 Å². The molecule has 1 aromatic heterocycles. The molecule has 0 bridgehead atoms. The van der Waals surface area contributed by atoms with Gasteiger partial charge in [-0.3, -0.25) is 4.90 Å². The molecule has 170 valence electrons. The first-order valence-corrected chi connectivity index (χ1v) is 10.4. The fourth-order valence-corrected chi connectivity index (χ4v) is 3.38. The molecule has 0 saturated carbocycles. The first-order chi connectivity index (χ1) is 15.2. The Hall–Kier alpha value is -3.39. The molecule has 1 heterocycles. The van der Waals surface area contributed by atoms with Gasteiger partial charge in [0.25, 0.3) is 0 Å². The summed E-state index contributed by atoms with van der Waals surface area (Å²) in [6, 6.07) is 16.3. The fourth-order valence-electron chi connectivity index (χ4n) is 3.38. The van der Waals surface area contributed by atoms with Crippen LogP contribution in [0.15, 0.2) is 59.1 Å². The van der Waals surface area contributed by atoms with E-state index in [0.717, 1.165) is 5.56 Å². The number of carbonyl (C=O) groups excluding carboxylic acids is 1. The second-order valence-electron chi connectivity index (χ2n) is 8.59. The lowest BCUT2D eigenvalue weighted by molar-refractivity contribution is 0.0509. The largest absolute Gasteiger partial charge is 0.496 e. The van der Waals surface area contributed by atoms with Crippen molar-refractivity contribution in [1.82, 2.24) is 20.4 Å². The molecule has 2 atom stereocenters. The molecule has 3 rings (SSSR count). The topological polar surface area (TPSA) is 89.7 Å². The molecule has 8 nitrogen and oxygen atoms in total. The second kappa shape index (κ2) is 9.82. The van der Waals surface area contributed by atoms with Gasteiger partial charge in [-0.25, -0.2) is 4.79 Å². The number of methoxy groups -OCH3 is 1. The van der Waals surface area contributed by atoms with Crippen LogP contribution in [0.3, 0.4) is 0 Å². The number of aromatic nitrogens is 2. The van der Waals surface area contributed by atoms with Crippen LogP contribution in [0.1, 0.15) is 55.7 Å². The van der Waals surface area contributed by atoms with Crippen molar-refractivity contribution in [2.24, 2.45) is 0 Å². The Kier molecular flexibility index (Phi) is 7.15. The molecule has 0 fully saturated rings. The van der Waals surface area contributed by atoms with Crippen LogP contribution in [0.2, 0.25) is 0 Å². The first-order valence-electron chi connectivity index (χ1n) is 10.4.